The summed E-state index contributed by atoms with van der Waals surface area (Å²) >= 11 is 1.43. The van der Waals surface area contributed by atoms with E-state index in [4.69, 9.17) is 0 Å². The van der Waals surface area contributed by atoms with Crippen LogP contribution in [-0.4, -0.2) is 22.8 Å². The summed E-state index contributed by atoms with van der Waals surface area (Å²) in [5, 5.41) is 9.28. The molecule has 128 valence electrons. The van der Waals surface area contributed by atoms with E-state index in [2.05, 4.69) is 11.1 Å². The number of nitrogens with zero attached hydrogens (tertiary/aromatic N) is 3. The van der Waals surface area contributed by atoms with E-state index in [1.165, 1.54) is 11.8 Å². The van der Waals surface area contributed by atoms with Crippen molar-refractivity contribution in [2.24, 2.45) is 0 Å². The van der Waals surface area contributed by atoms with Crippen molar-refractivity contribution in [3.05, 3.63) is 89.7 Å². The lowest BCUT2D eigenvalue weighted by Gasteiger charge is -2.18. The molecule has 5 heteroatoms. The van der Waals surface area contributed by atoms with E-state index in [0.717, 1.165) is 15.5 Å². The summed E-state index contributed by atoms with van der Waals surface area (Å²) in [6.45, 7) is 0.438. The predicted molar refractivity (Wildman–Crippen MR) is 102 cm³/mol. The average Bonchev–Trinajstić information content (AvgIpc) is 2.69. The van der Waals surface area contributed by atoms with Gasteiger partial charge in [0.1, 0.15) is 6.07 Å². The monoisotopic (exact) mass is 359 g/mol. The van der Waals surface area contributed by atoms with Crippen molar-refractivity contribution in [3.8, 4) is 6.07 Å². The highest BCUT2D eigenvalue weighted by atomic mass is 32.2. The summed E-state index contributed by atoms with van der Waals surface area (Å²) in [4.78, 5) is 20.5. The summed E-state index contributed by atoms with van der Waals surface area (Å²) in [6, 6.07) is 22.7. The number of amides is 1. The van der Waals surface area contributed by atoms with Gasteiger partial charge < -0.3 is 4.90 Å². The Morgan fingerprint density at radius 1 is 1.04 bits per heavy atom. The first-order chi connectivity index (χ1) is 12.7. The SMILES string of the molecule is CN(Cc1ccccn1)C(=O)c1ccccc1Sc1ccccc1C#N. The Kier molecular flexibility index (Phi) is 5.67. The quantitative estimate of drug-likeness (QED) is 0.678. The van der Waals surface area contributed by atoms with Crippen LogP contribution in [-0.2, 0) is 6.54 Å². The van der Waals surface area contributed by atoms with Gasteiger partial charge in [-0.05, 0) is 36.4 Å². The van der Waals surface area contributed by atoms with Crippen molar-refractivity contribution < 1.29 is 4.79 Å². The van der Waals surface area contributed by atoms with Crippen LogP contribution >= 0.6 is 11.8 Å². The molecule has 1 heterocycles. The molecule has 1 aromatic heterocycles. The van der Waals surface area contributed by atoms with E-state index in [0.29, 0.717) is 17.7 Å². The molecule has 0 unspecified atom stereocenters. The maximum Gasteiger partial charge on any atom is 0.255 e. The maximum atomic E-state index is 12.9. The minimum atomic E-state index is -0.0757. The zero-order valence-corrected chi connectivity index (χ0v) is 15.1. The second-order valence-corrected chi connectivity index (χ2v) is 6.77. The Labute approximate surface area is 157 Å². The van der Waals surface area contributed by atoms with Crippen molar-refractivity contribution in [2.75, 3.05) is 7.05 Å². The van der Waals surface area contributed by atoms with Gasteiger partial charge in [-0.25, -0.2) is 0 Å². The zero-order valence-electron chi connectivity index (χ0n) is 14.3. The van der Waals surface area contributed by atoms with E-state index in [9.17, 15) is 10.1 Å². The molecule has 26 heavy (non-hydrogen) atoms. The van der Waals surface area contributed by atoms with Gasteiger partial charge in [-0.2, -0.15) is 5.26 Å². The number of pyridine rings is 1. The third-order valence-electron chi connectivity index (χ3n) is 3.82. The van der Waals surface area contributed by atoms with Gasteiger partial charge in [0, 0.05) is 23.0 Å². The van der Waals surface area contributed by atoms with Crippen molar-refractivity contribution >= 4 is 17.7 Å². The first kappa shape index (κ1) is 17.7. The van der Waals surface area contributed by atoms with Gasteiger partial charge >= 0.3 is 0 Å². The van der Waals surface area contributed by atoms with Crippen LogP contribution < -0.4 is 0 Å². The second-order valence-electron chi connectivity index (χ2n) is 5.69. The molecule has 2 aromatic carbocycles. The molecule has 0 aliphatic rings. The first-order valence-electron chi connectivity index (χ1n) is 8.10. The van der Waals surface area contributed by atoms with Crippen LogP contribution in [0.1, 0.15) is 21.6 Å². The van der Waals surface area contributed by atoms with Crippen molar-refractivity contribution in [3.63, 3.8) is 0 Å². The Morgan fingerprint density at radius 3 is 2.46 bits per heavy atom. The minimum absolute atomic E-state index is 0.0757. The topological polar surface area (TPSA) is 57.0 Å². The van der Waals surface area contributed by atoms with Gasteiger partial charge in [0.15, 0.2) is 0 Å². The number of aromatic nitrogens is 1. The number of carbonyl (C=O) groups excluding carboxylic acids is 1. The smallest absolute Gasteiger partial charge is 0.255 e. The summed E-state index contributed by atoms with van der Waals surface area (Å²) in [7, 11) is 1.77. The van der Waals surface area contributed by atoms with Crippen molar-refractivity contribution in [1.29, 1.82) is 5.26 Å². The molecule has 3 rings (SSSR count). The van der Waals surface area contributed by atoms with E-state index in [-0.39, 0.29) is 5.91 Å². The van der Waals surface area contributed by atoms with E-state index in [1.807, 2.05) is 60.7 Å². The van der Waals surface area contributed by atoms with Crippen LogP contribution in [0.15, 0.2) is 82.7 Å². The zero-order chi connectivity index (χ0) is 18.4. The molecule has 0 spiro atoms. The maximum absolute atomic E-state index is 12.9. The Hall–Kier alpha value is -3.10. The highest BCUT2D eigenvalue weighted by Crippen LogP contribution is 2.33. The standard InChI is InChI=1S/C21H17N3OS/c1-24(15-17-9-6-7-13-23-17)21(25)18-10-3-5-12-20(18)26-19-11-4-2-8-16(19)14-22/h2-13H,15H2,1H3. The molecule has 0 saturated carbocycles. The summed E-state index contributed by atoms with van der Waals surface area (Å²) in [6.07, 6.45) is 1.72. The number of carbonyl (C=O) groups is 1. The Balaban J connectivity index is 1.84. The van der Waals surface area contributed by atoms with E-state index < -0.39 is 0 Å². The van der Waals surface area contributed by atoms with Crippen LogP contribution in [0, 0.1) is 11.3 Å². The van der Waals surface area contributed by atoms with Crippen molar-refractivity contribution in [1.82, 2.24) is 9.88 Å². The molecule has 0 radical (unpaired) electrons. The highest BCUT2D eigenvalue weighted by Gasteiger charge is 2.17. The van der Waals surface area contributed by atoms with Crippen LogP contribution in [0.3, 0.4) is 0 Å². The lowest BCUT2D eigenvalue weighted by Crippen LogP contribution is -2.27. The number of hydrogen-bond donors (Lipinski definition) is 0. The van der Waals surface area contributed by atoms with Gasteiger partial charge in [-0.3, -0.25) is 9.78 Å². The van der Waals surface area contributed by atoms with Gasteiger partial charge in [0.2, 0.25) is 0 Å². The predicted octanol–water partition coefficient (Wildman–Crippen LogP) is 4.38. The van der Waals surface area contributed by atoms with Gasteiger partial charge in [-0.15, -0.1) is 0 Å². The van der Waals surface area contributed by atoms with Crippen LogP contribution in [0.5, 0.6) is 0 Å². The Bertz CT molecular complexity index is 951. The molecule has 4 nitrogen and oxygen atoms in total. The number of rotatable bonds is 5. The number of hydrogen-bond acceptors (Lipinski definition) is 4. The average molecular weight is 359 g/mol. The van der Waals surface area contributed by atoms with E-state index >= 15 is 0 Å². The third-order valence-corrected chi connectivity index (χ3v) is 4.97. The molecule has 0 atom stereocenters. The summed E-state index contributed by atoms with van der Waals surface area (Å²) in [5.74, 6) is -0.0757. The van der Waals surface area contributed by atoms with E-state index in [1.54, 1.807) is 24.2 Å². The highest BCUT2D eigenvalue weighted by molar-refractivity contribution is 7.99. The molecular formula is C21H17N3OS. The van der Waals surface area contributed by atoms with Crippen molar-refractivity contribution in [2.45, 2.75) is 16.3 Å². The van der Waals surface area contributed by atoms with Gasteiger partial charge in [0.25, 0.3) is 5.91 Å². The molecular weight excluding hydrogens is 342 g/mol. The molecule has 0 saturated heterocycles. The second kappa shape index (κ2) is 8.32. The van der Waals surface area contributed by atoms with Gasteiger partial charge in [-0.1, -0.05) is 42.1 Å². The largest absolute Gasteiger partial charge is 0.336 e. The molecule has 3 aromatic rings. The molecule has 0 N–H and O–H groups in total. The normalized spacial score (nSPS) is 10.2. The lowest BCUT2D eigenvalue weighted by molar-refractivity contribution is 0.0780. The van der Waals surface area contributed by atoms with Crippen LogP contribution in [0.4, 0.5) is 0 Å². The van der Waals surface area contributed by atoms with Crippen LogP contribution in [0.2, 0.25) is 0 Å². The fraction of sp³-hybridized carbons (Fsp3) is 0.0952. The molecule has 0 fully saturated rings. The fourth-order valence-corrected chi connectivity index (χ4v) is 3.53. The molecule has 0 bridgehead atoms. The fourth-order valence-electron chi connectivity index (χ4n) is 2.51. The van der Waals surface area contributed by atoms with Crippen LogP contribution in [0.25, 0.3) is 0 Å². The Morgan fingerprint density at radius 2 is 1.73 bits per heavy atom. The minimum Gasteiger partial charge on any atom is -0.336 e. The lowest BCUT2D eigenvalue weighted by atomic mass is 10.2. The van der Waals surface area contributed by atoms with Gasteiger partial charge in [0.05, 0.1) is 23.4 Å². The molecule has 0 aliphatic carbocycles. The number of nitriles is 1. The molecule has 0 aliphatic heterocycles. The molecule has 1 amide bonds. The first-order valence-corrected chi connectivity index (χ1v) is 8.92. The summed E-state index contributed by atoms with van der Waals surface area (Å²) < 4.78 is 0. The third kappa shape index (κ3) is 4.11. The summed E-state index contributed by atoms with van der Waals surface area (Å²) in [5.41, 5.74) is 2.05. The number of benzene rings is 2.